The molecule has 0 aliphatic carbocycles. The number of benzene rings is 1. The van der Waals surface area contributed by atoms with Crippen LogP contribution in [-0.4, -0.2) is 17.5 Å². The first kappa shape index (κ1) is 10.7. The molecular formula is C12H18N2S. The fourth-order valence-corrected chi connectivity index (χ4v) is 2.93. The first-order valence-corrected chi connectivity index (χ1v) is 6.61. The van der Waals surface area contributed by atoms with Gasteiger partial charge in [0, 0.05) is 23.2 Å². The number of rotatable bonds is 2. The highest BCUT2D eigenvalue weighted by Gasteiger charge is 2.13. The van der Waals surface area contributed by atoms with E-state index in [1.54, 1.807) is 0 Å². The van der Waals surface area contributed by atoms with Gasteiger partial charge in [0.2, 0.25) is 0 Å². The van der Waals surface area contributed by atoms with Crippen LogP contribution in [0.3, 0.4) is 0 Å². The average molecular weight is 222 g/mol. The van der Waals surface area contributed by atoms with Gasteiger partial charge in [-0.25, -0.2) is 0 Å². The Hall–Kier alpha value is -0.830. The number of nitrogen functional groups attached to an aromatic ring is 1. The van der Waals surface area contributed by atoms with Crippen molar-refractivity contribution in [2.75, 3.05) is 22.6 Å². The molecule has 1 atom stereocenters. The number of nitrogens with one attached hydrogen (secondary N) is 1. The van der Waals surface area contributed by atoms with Crippen molar-refractivity contribution in [1.82, 2.24) is 0 Å². The number of thioether (sulfide) groups is 1. The van der Waals surface area contributed by atoms with Crippen molar-refractivity contribution in [2.24, 2.45) is 0 Å². The SMILES string of the molecule is Cc1cc(NC2CCCSC2)ccc1N. The van der Waals surface area contributed by atoms with E-state index < -0.39 is 0 Å². The van der Waals surface area contributed by atoms with Crippen molar-refractivity contribution in [3.8, 4) is 0 Å². The second kappa shape index (κ2) is 4.79. The van der Waals surface area contributed by atoms with Crippen LogP contribution in [-0.2, 0) is 0 Å². The molecule has 1 aromatic carbocycles. The number of nitrogens with two attached hydrogens (primary N) is 1. The second-order valence-corrected chi connectivity index (χ2v) is 5.28. The molecular weight excluding hydrogens is 204 g/mol. The van der Waals surface area contributed by atoms with Crippen molar-refractivity contribution in [3.05, 3.63) is 23.8 Å². The Labute approximate surface area is 95.6 Å². The Morgan fingerprint density at radius 1 is 1.47 bits per heavy atom. The second-order valence-electron chi connectivity index (χ2n) is 4.13. The summed E-state index contributed by atoms with van der Waals surface area (Å²) in [7, 11) is 0. The van der Waals surface area contributed by atoms with Gasteiger partial charge < -0.3 is 11.1 Å². The highest BCUT2D eigenvalue weighted by molar-refractivity contribution is 7.99. The molecule has 15 heavy (non-hydrogen) atoms. The molecule has 1 heterocycles. The Bertz CT molecular complexity index is 332. The molecule has 1 aliphatic heterocycles. The molecule has 0 saturated carbocycles. The first-order chi connectivity index (χ1) is 7.25. The maximum Gasteiger partial charge on any atom is 0.0352 e. The Morgan fingerprint density at radius 3 is 3.00 bits per heavy atom. The van der Waals surface area contributed by atoms with E-state index in [9.17, 15) is 0 Å². The van der Waals surface area contributed by atoms with Gasteiger partial charge in [-0.1, -0.05) is 0 Å². The van der Waals surface area contributed by atoms with Crippen LogP contribution in [0.4, 0.5) is 11.4 Å². The summed E-state index contributed by atoms with van der Waals surface area (Å²) in [6.45, 7) is 2.05. The zero-order valence-corrected chi connectivity index (χ0v) is 9.94. The lowest BCUT2D eigenvalue weighted by molar-refractivity contribution is 0.685. The van der Waals surface area contributed by atoms with Gasteiger partial charge in [0.1, 0.15) is 0 Å². The molecule has 1 unspecified atom stereocenters. The predicted octanol–water partition coefficient (Wildman–Crippen LogP) is 2.88. The van der Waals surface area contributed by atoms with Gasteiger partial charge in [-0.3, -0.25) is 0 Å². The number of anilines is 2. The minimum absolute atomic E-state index is 0.631. The lowest BCUT2D eigenvalue weighted by Gasteiger charge is -2.23. The lowest BCUT2D eigenvalue weighted by atomic mass is 10.1. The molecule has 0 bridgehead atoms. The molecule has 2 rings (SSSR count). The van der Waals surface area contributed by atoms with Crippen molar-refractivity contribution >= 4 is 23.1 Å². The number of hydrogen-bond acceptors (Lipinski definition) is 3. The van der Waals surface area contributed by atoms with Crippen molar-refractivity contribution in [3.63, 3.8) is 0 Å². The molecule has 3 N–H and O–H groups in total. The third kappa shape index (κ3) is 2.81. The summed E-state index contributed by atoms with van der Waals surface area (Å²) in [5.74, 6) is 2.54. The van der Waals surface area contributed by atoms with Crippen molar-refractivity contribution in [1.29, 1.82) is 0 Å². The zero-order chi connectivity index (χ0) is 10.7. The number of hydrogen-bond donors (Lipinski definition) is 2. The molecule has 3 heteroatoms. The lowest BCUT2D eigenvalue weighted by Crippen LogP contribution is -2.25. The highest BCUT2D eigenvalue weighted by Crippen LogP contribution is 2.22. The zero-order valence-electron chi connectivity index (χ0n) is 9.12. The van der Waals surface area contributed by atoms with E-state index in [1.807, 2.05) is 17.8 Å². The van der Waals surface area contributed by atoms with Gasteiger partial charge in [0.15, 0.2) is 0 Å². The van der Waals surface area contributed by atoms with E-state index in [-0.39, 0.29) is 0 Å². The van der Waals surface area contributed by atoms with Crippen molar-refractivity contribution in [2.45, 2.75) is 25.8 Å². The quantitative estimate of drug-likeness (QED) is 0.756. The van der Waals surface area contributed by atoms with Crippen LogP contribution in [0.15, 0.2) is 18.2 Å². The molecule has 0 spiro atoms. The van der Waals surface area contributed by atoms with Crippen LogP contribution in [0.2, 0.25) is 0 Å². The van der Waals surface area contributed by atoms with Gasteiger partial charge in [-0.05, 0) is 49.3 Å². The fraction of sp³-hybridized carbons (Fsp3) is 0.500. The van der Waals surface area contributed by atoms with E-state index in [4.69, 9.17) is 5.73 Å². The first-order valence-electron chi connectivity index (χ1n) is 5.46. The molecule has 1 fully saturated rings. The highest BCUT2D eigenvalue weighted by atomic mass is 32.2. The van der Waals surface area contributed by atoms with E-state index >= 15 is 0 Å². The maximum absolute atomic E-state index is 5.79. The molecule has 2 nitrogen and oxygen atoms in total. The van der Waals surface area contributed by atoms with Crippen molar-refractivity contribution < 1.29 is 0 Å². The molecule has 0 aromatic heterocycles. The smallest absolute Gasteiger partial charge is 0.0352 e. The Balaban J connectivity index is 2.00. The number of aryl methyl sites for hydroxylation is 1. The normalized spacial score (nSPS) is 21.3. The summed E-state index contributed by atoms with van der Waals surface area (Å²) in [6, 6.07) is 6.82. The van der Waals surface area contributed by atoms with E-state index in [2.05, 4.69) is 24.4 Å². The summed E-state index contributed by atoms with van der Waals surface area (Å²) in [4.78, 5) is 0. The van der Waals surface area contributed by atoms with Crippen LogP contribution < -0.4 is 11.1 Å². The van der Waals surface area contributed by atoms with Gasteiger partial charge in [-0.15, -0.1) is 0 Å². The summed E-state index contributed by atoms with van der Waals surface area (Å²) < 4.78 is 0. The summed E-state index contributed by atoms with van der Waals surface area (Å²) >= 11 is 2.04. The van der Waals surface area contributed by atoms with E-state index in [0.717, 1.165) is 11.3 Å². The Kier molecular flexibility index (Phi) is 3.41. The van der Waals surface area contributed by atoms with Crippen LogP contribution in [0, 0.1) is 6.92 Å². The van der Waals surface area contributed by atoms with Gasteiger partial charge in [-0.2, -0.15) is 11.8 Å². The van der Waals surface area contributed by atoms with Gasteiger partial charge >= 0.3 is 0 Å². The van der Waals surface area contributed by atoms with Crippen LogP contribution in [0.1, 0.15) is 18.4 Å². The van der Waals surface area contributed by atoms with Crippen LogP contribution in [0.5, 0.6) is 0 Å². The maximum atomic E-state index is 5.79. The van der Waals surface area contributed by atoms with E-state index in [0.29, 0.717) is 6.04 Å². The van der Waals surface area contributed by atoms with Gasteiger partial charge in [0.25, 0.3) is 0 Å². The topological polar surface area (TPSA) is 38.0 Å². The molecule has 82 valence electrons. The van der Waals surface area contributed by atoms with E-state index in [1.165, 1.54) is 30.0 Å². The minimum Gasteiger partial charge on any atom is -0.399 e. The molecule has 1 saturated heterocycles. The minimum atomic E-state index is 0.631. The molecule has 1 aromatic rings. The average Bonchev–Trinajstić information content (AvgIpc) is 2.25. The van der Waals surface area contributed by atoms with Crippen LogP contribution in [0.25, 0.3) is 0 Å². The van der Waals surface area contributed by atoms with Gasteiger partial charge in [0.05, 0.1) is 0 Å². The third-order valence-corrected chi connectivity index (χ3v) is 4.02. The summed E-state index contributed by atoms with van der Waals surface area (Å²) in [5.41, 5.74) is 9.02. The standard InChI is InChI=1S/C12H18N2S/c1-9-7-10(4-5-12(9)13)14-11-3-2-6-15-8-11/h4-5,7,11,14H,2-3,6,8,13H2,1H3. The molecule has 1 aliphatic rings. The Morgan fingerprint density at radius 2 is 2.33 bits per heavy atom. The third-order valence-electron chi connectivity index (χ3n) is 2.80. The van der Waals surface area contributed by atoms with Crippen LogP contribution >= 0.6 is 11.8 Å². The predicted molar refractivity (Wildman–Crippen MR) is 69.6 cm³/mol. The largest absolute Gasteiger partial charge is 0.399 e. The molecule has 0 amide bonds. The summed E-state index contributed by atoms with van der Waals surface area (Å²) in [5, 5.41) is 3.57. The molecule has 0 radical (unpaired) electrons. The monoisotopic (exact) mass is 222 g/mol. The summed E-state index contributed by atoms with van der Waals surface area (Å²) in [6.07, 6.45) is 2.62. The fourth-order valence-electron chi connectivity index (χ4n) is 1.86.